The van der Waals surface area contributed by atoms with E-state index in [2.05, 4.69) is 25.9 Å². The molecule has 0 fully saturated rings. The number of nitrogens with zero attached hydrogens (tertiary/aromatic N) is 3. The number of aromatic nitrogens is 2. The fourth-order valence-corrected chi connectivity index (χ4v) is 3.29. The molecule has 3 aromatic rings. The third kappa shape index (κ3) is 7.84. The zero-order chi connectivity index (χ0) is 26.1. The van der Waals surface area contributed by atoms with Gasteiger partial charge in [-0.3, -0.25) is 0 Å². The molecule has 1 aromatic carbocycles. The van der Waals surface area contributed by atoms with E-state index in [4.69, 9.17) is 9.47 Å². The van der Waals surface area contributed by atoms with Crippen molar-refractivity contribution in [1.29, 1.82) is 5.26 Å². The zero-order valence-corrected chi connectivity index (χ0v) is 20.6. The number of anilines is 3. The van der Waals surface area contributed by atoms with Crippen LogP contribution in [0.15, 0.2) is 54.7 Å². The van der Waals surface area contributed by atoms with E-state index >= 15 is 0 Å². The number of hydrogen-bond acceptors (Lipinski definition) is 8. The van der Waals surface area contributed by atoms with Crippen molar-refractivity contribution in [3.05, 3.63) is 71.7 Å². The predicted octanol–water partition coefficient (Wildman–Crippen LogP) is 4.79. The Morgan fingerprint density at radius 2 is 1.92 bits per heavy atom. The van der Waals surface area contributed by atoms with Crippen LogP contribution in [0, 0.1) is 17.1 Å². The first-order valence-electron chi connectivity index (χ1n) is 11.3. The standard InChI is InChI=1S/C26H29FN6O3/c1-26(2,3)36-25(34)30-16-20(12-17-8-6-5-7-9-17)32-24-21(27)13-18(15-28)23(33-24)31-19-10-11-29-22(14-19)35-4/h5-11,13-14,20H,12,16H2,1-4H3,(H,30,34)(H2,29,31,32,33)/t20-/m1/s1. The topological polar surface area (TPSA) is 121 Å². The van der Waals surface area contributed by atoms with Crippen molar-refractivity contribution in [3.8, 4) is 11.9 Å². The van der Waals surface area contributed by atoms with Gasteiger partial charge in [0.05, 0.1) is 12.7 Å². The minimum absolute atomic E-state index is 0.0281. The molecule has 0 aliphatic heterocycles. The molecule has 2 aromatic heterocycles. The van der Waals surface area contributed by atoms with Gasteiger partial charge in [-0.15, -0.1) is 0 Å². The number of nitrogens with one attached hydrogen (secondary N) is 3. The summed E-state index contributed by atoms with van der Waals surface area (Å²) in [5.74, 6) is -0.229. The lowest BCUT2D eigenvalue weighted by Gasteiger charge is -2.23. The molecular weight excluding hydrogens is 463 g/mol. The Morgan fingerprint density at radius 3 is 2.58 bits per heavy atom. The summed E-state index contributed by atoms with van der Waals surface area (Å²) < 4.78 is 25.4. The maximum absolute atomic E-state index is 14.9. The van der Waals surface area contributed by atoms with Gasteiger partial charge in [0.25, 0.3) is 0 Å². The predicted molar refractivity (Wildman–Crippen MR) is 135 cm³/mol. The molecule has 0 unspecified atom stereocenters. The van der Waals surface area contributed by atoms with Gasteiger partial charge >= 0.3 is 6.09 Å². The van der Waals surface area contributed by atoms with Gasteiger partial charge in [0.2, 0.25) is 5.88 Å². The number of ether oxygens (including phenoxy) is 2. The fraction of sp³-hybridized carbons (Fsp3) is 0.308. The maximum atomic E-state index is 14.9. The van der Waals surface area contributed by atoms with E-state index in [0.717, 1.165) is 11.6 Å². The van der Waals surface area contributed by atoms with E-state index in [-0.39, 0.29) is 23.7 Å². The van der Waals surface area contributed by atoms with Crippen LogP contribution in [0.25, 0.3) is 0 Å². The van der Waals surface area contributed by atoms with Gasteiger partial charge in [0.1, 0.15) is 11.7 Å². The molecule has 0 saturated heterocycles. The SMILES string of the molecule is COc1cc(Nc2nc(N[C@@H](CNC(=O)OC(C)(C)C)Cc3ccccc3)c(F)cc2C#N)ccn1. The van der Waals surface area contributed by atoms with Crippen LogP contribution in [0.5, 0.6) is 5.88 Å². The minimum Gasteiger partial charge on any atom is -0.481 e. The van der Waals surface area contributed by atoms with Crippen LogP contribution >= 0.6 is 0 Å². The third-order valence-electron chi connectivity index (χ3n) is 4.86. The van der Waals surface area contributed by atoms with E-state index in [1.807, 2.05) is 36.4 Å². The summed E-state index contributed by atoms with van der Waals surface area (Å²) in [6.07, 6.45) is 1.43. The minimum atomic E-state index is -0.695. The summed E-state index contributed by atoms with van der Waals surface area (Å²) in [5.41, 5.74) is 0.928. The molecular formula is C26H29FN6O3. The molecule has 0 bridgehead atoms. The number of hydrogen-bond donors (Lipinski definition) is 3. The lowest BCUT2D eigenvalue weighted by atomic mass is 10.1. The van der Waals surface area contributed by atoms with Gasteiger partial charge in [-0.05, 0) is 44.9 Å². The number of amides is 1. The van der Waals surface area contributed by atoms with Crippen LogP contribution in [0.1, 0.15) is 31.9 Å². The average Bonchev–Trinajstić information content (AvgIpc) is 2.84. The van der Waals surface area contributed by atoms with Crippen molar-refractivity contribution in [2.45, 2.75) is 38.8 Å². The fourth-order valence-electron chi connectivity index (χ4n) is 3.29. The number of pyridine rings is 2. The lowest BCUT2D eigenvalue weighted by molar-refractivity contribution is 0.0525. The van der Waals surface area contributed by atoms with Crippen LogP contribution in [0.2, 0.25) is 0 Å². The zero-order valence-electron chi connectivity index (χ0n) is 20.6. The van der Waals surface area contributed by atoms with Crippen LogP contribution in [-0.4, -0.2) is 41.4 Å². The monoisotopic (exact) mass is 492 g/mol. The van der Waals surface area contributed by atoms with E-state index in [0.29, 0.717) is 18.0 Å². The number of benzene rings is 1. The van der Waals surface area contributed by atoms with E-state index < -0.39 is 23.6 Å². The quantitative estimate of drug-likeness (QED) is 0.390. The first-order chi connectivity index (χ1) is 17.2. The number of methoxy groups -OCH3 is 1. The van der Waals surface area contributed by atoms with Crippen LogP contribution in [-0.2, 0) is 11.2 Å². The molecule has 36 heavy (non-hydrogen) atoms. The van der Waals surface area contributed by atoms with Gasteiger partial charge in [-0.1, -0.05) is 30.3 Å². The van der Waals surface area contributed by atoms with E-state index in [1.54, 1.807) is 32.9 Å². The number of carbonyl (C=O) groups excluding carboxylic acids is 1. The number of carbonyl (C=O) groups is 1. The molecule has 188 valence electrons. The summed E-state index contributed by atoms with van der Waals surface area (Å²) in [4.78, 5) is 20.6. The highest BCUT2D eigenvalue weighted by Gasteiger charge is 2.20. The second-order valence-electron chi connectivity index (χ2n) is 8.95. The molecule has 2 heterocycles. The summed E-state index contributed by atoms with van der Waals surface area (Å²) in [6, 6.07) is 15.5. The molecule has 10 heteroatoms. The van der Waals surface area contributed by atoms with Crippen LogP contribution in [0.4, 0.5) is 26.5 Å². The second-order valence-corrected chi connectivity index (χ2v) is 8.95. The Morgan fingerprint density at radius 1 is 1.17 bits per heavy atom. The Bertz CT molecular complexity index is 1220. The average molecular weight is 493 g/mol. The third-order valence-corrected chi connectivity index (χ3v) is 4.86. The molecule has 0 radical (unpaired) electrons. The number of alkyl carbamates (subject to hydrolysis) is 1. The Hall–Kier alpha value is -4.39. The Kier molecular flexibility index (Phi) is 8.62. The largest absolute Gasteiger partial charge is 0.481 e. The highest BCUT2D eigenvalue weighted by atomic mass is 19.1. The van der Waals surface area contributed by atoms with Crippen molar-refractivity contribution in [2.75, 3.05) is 24.3 Å². The molecule has 0 aliphatic carbocycles. The first kappa shape index (κ1) is 26.2. The van der Waals surface area contributed by atoms with Crippen molar-refractivity contribution in [3.63, 3.8) is 0 Å². The smallest absolute Gasteiger partial charge is 0.407 e. The summed E-state index contributed by atoms with van der Waals surface area (Å²) in [6.45, 7) is 5.47. The summed E-state index contributed by atoms with van der Waals surface area (Å²) in [7, 11) is 1.49. The van der Waals surface area contributed by atoms with E-state index in [9.17, 15) is 14.4 Å². The Labute approximate surface area is 209 Å². The lowest BCUT2D eigenvalue weighted by Crippen LogP contribution is -2.40. The number of halogens is 1. The summed E-state index contributed by atoms with van der Waals surface area (Å²) in [5, 5.41) is 18.3. The molecule has 0 aliphatic rings. The maximum Gasteiger partial charge on any atom is 0.407 e. The molecule has 1 atom stereocenters. The Balaban J connectivity index is 1.84. The highest BCUT2D eigenvalue weighted by Crippen LogP contribution is 2.25. The molecule has 0 saturated carbocycles. The van der Waals surface area contributed by atoms with Gasteiger partial charge in [0, 0.05) is 30.5 Å². The number of nitriles is 1. The highest BCUT2D eigenvalue weighted by molar-refractivity contribution is 5.68. The molecule has 1 amide bonds. The van der Waals surface area contributed by atoms with E-state index in [1.165, 1.54) is 13.3 Å². The van der Waals surface area contributed by atoms with Crippen molar-refractivity contribution in [2.24, 2.45) is 0 Å². The molecule has 3 rings (SSSR count). The van der Waals surface area contributed by atoms with Crippen LogP contribution < -0.4 is 20.7 Å². The molecule has 9 nitrogen and oxygen atoms in total. The first-order valence-corrected chi connectivity index (χ1v) is 11.3. The van der Waals surface area contributed by atoms with Gasteiger partial charge < -0.3 is 25.4 Å². The molecule has 3 N–H and O–H groups in total. The van der Waals surface area contributed by atoms with Gasteiger partial charge in [0.15, 0.2) is 17.5 Å². The second kappa shape index (κ2) is 11.8. The van der Waals surface area contributed by atoms with Crippen molar-refractivity contribution in [1.82, 2.24) is 15.3 Å². The van der Waals surface area contributed by atoms with Crippen molar-refractivity contribution >= 4 is 23.4 Å². The normalized spacial score (nSPS) is 11.7. The summed E-state index contributed by atoms with van der Waals surface area (Å²) >= 11 is 0. The number of rotatable bonds is 9. The van der Waals surface area contributed by atoms with Gasteiger partial charge in [-0.2, -0.15) is 5.26 Å². The van der Waals surface area contributed by atoms with Crippen LogP contribution in [0.3, 0.4) is 0 Å². The van der Waals surface area contributed by atoms with Gasteiger partial charge in [-0.25, -0.2) is 19.2 Å². The molecule has 0 spiro atoms. The van der Waals surface area contributed by atoms with Crippen molar-refractivity contribution < 1.29 is 18.7 Å².